The Morgan fingerprint density at radius 1 is 0.774 bits per heavy atom. The van der Waals surface area contributed by atoms with Gasteiger partial charge in [0.1, 0.15) is 0 Å². The molecule has 13 nitrogen and oxygen atoms in total. The number of likely N-dealkylation sites (N-methyl/N-ethyl adjacent to an activating group) is 1. The minimum absolute atomic E-state index is 0.0955. The molecule has 2 aliphatic heterocycles. The van der Waals surface area contributed by atoms with Crippen LogP contribution < -0.4 is 20.1 Å². The third kappa shape index (κ3) is 7.96. The number of hydrogen-bond acceptors (Lipinski definition) is 9. The van der Waals surface area contributed by atoms with Crippen LogP contribution in [0.4, 0.5) is 21.0 Å². The van der Waals surface area contributed by atoms with Crippen molar-refractivity contribution in [2.75, 3.05) is 68.5 Å². The smallest absolute Gasteiger partial charge is 0.332 e. The molecule has 0 radical (unpaired) electrons. The van der Waals surface area contributed by atoms with Crippen LogP contribution in [0, 0.1) is 5.92 Å². The number of anilines is 2. The van der Waals surface area contributed by atoms with Gasteiger partial charge < -0.3 is 25.2 Å². The Hall–Kier alpha value is -3.24. The van der Waals surface area contributed by atoms with Gasteiger partial charge in [-0.2, -0.15) is 0 Å². The highest BCUT2D eigenvalue weighted by molar-refractivity contribution is 7.90. The number of sulfonamides is 2. The first-order valence-electron chi connectivity index (χ1n) is 19.4. The maximum atomic E-state index is 13.4. The van der Waals surface area contributed by atoms with Gasteiger partial charge in [-0.05, 0) is 160 Å². The first kappa shape index (κ1) is 36.7. The van der Waals surface area contributed by atoms with Crippen LogP contribution in [0.5, 0.6) is 0 Å². The molecule has 2 fully saturated rings. The van der Waals surface area contributed by atoms with Gasteiger partial charge in [-0.1, -0.05) is 12.1 Å². The van der Waals surface area contributed by atoms with Crippen molar-refractivity contribution in [1.82, 2.24) is 19.2 Å². The van der Waals surface area contributed by atoms with Crippen molar-refractivity contribution in [3.63, 3.8) is 0 Å². The molecule has 4 amide bonds. The topological polar surface area (TPSA) is 166 Å². The normalized spacial score (nSPS) is 23.8. The Labute approximate surface area is 313 Å². The van der Waals surface area contributed by atoms with Crippen molar-refractivity contribution < 1.29 is 31.2 Å². The highest BCUT2D eigenvalue weighted by Gasteiger charge is 2.40. The molecule has 288 valence electrons. The van der Waals surface area contributed by atoms with Gasteiger partial charge in [0.15, 0.2) is 0 Å². The summed E-state index contributed by atoms with van der Waals surface area (Å²) in [6.45, 7) is 4.38. The summed E-state index contributed by atoms with van der Waals surface area (Å²) in [7, 11) is -5.81. The number of amides is 4. The summed E-state index contributed by atoms with van der Waals surface area (Å²) in [5.41, 5.74) is 10.7. The number of carbonyl (C=O) groups excluding carboxylic acids is 2. The zero-order chi connectivity index (χ0) is 36.9. The fourth-order valence-corrected chi connectivity index (χ4v) is 11.8. The summed E-state index contributed by atoms with van der Waals surface area (Å²) in [5.74, 6) is -0.0456. The number of fused-ring (bicyclic) bond motifs is 4. The Bertz CT molecular complexity index is 2020. The number of rotatable bonds is 11. The average Bonchev–Trinajstić information content (AvgIpc) is 3.87. The lowest BCUT2D eigenvalue weighted by molar-refractivity contribution is -0.00686. The predicted octanol–water partition coefficient (Wildman–Crippen LogP) is 3.44. The van der Waals surface area contributed by atoms with E-state index in [1.54, 1.807) is 0 Å². The molecule has 0 saturated carbocycles. The molecule has 0 spiro atoms. The molecule has 4 aliphatic carbocycles. The van der Waals surface area contributed by atoms with Crippen LogP contribution in [-0.4, -0.2) is 103 Å². The number of nitrogens with zero attached hydrogens (tertiary/aromatic N) is 2. The van der Waals surface area contributed by atoms with Gasteiger partial charge in [-0.15, -0.1) is 0 Å². The van der Waals surface area contributed by atoms with Crippen molar-refractivity contribution in [3.8, 4) is 0 Å². The number of benzene rings is 2. The van der Waals surface area contributed by atoms with Crippen LogP contribution in [0.1, 0.15) is 82.5 Å². The molecule has 8 rings (SSSR count). The van der Waals surface area contributed by atoms with Crippen LogP contribution in [0.2, 0.25) is 0 Å². The molecular formula is C38H52N6O7S2. The highest BCUT2D eigenvalue weighted by Crippen LogP contribution is 2.51. The number of hydrogen-bond donors (Lipinski definition) is 4. The fourth-order valence-electron chi connectivity index (χ4n) is 9.79. The van der Waals surface area contributed by atoms with E-state index < -0.39 is 38.2 Å². The number of nitrogens with one attached hydrogen (secondary N) is 4. The summed E-state index contributed by atoms with van der Waals surface area (Å²) in [4.78, 5) is 31.0. The van der Waals surface area contributed by atoms with Crippen molar-refractivity contribution >= 4 is 43.5 Å². The van der Waals surface area contributed by atoms with Crippen molar-refractivity contribution in [3.05, 3.63) is 56.6 Å². The lowest BCUT2D eigenvalue weighted by atomic mass is 9.83. The molecule has 3 atom stereocenters. The molecule has 53 heavy (non-hydrogen) atoms. The highest BCUT2D eigenvalue weighted by atomic mass is 32.2. The van der Waals surface area contributed by atoms with E-state index in [0.29, 0.717) is 32.5 Å². The zero-order valence-corrected chi connectivity index (χ0v) is 32.2. The quantitative estimate of drug-likeness (QED) is 0.268. The predicted molar refractivity (Wildman–Crippen MR) is 204 cm³/mol. The van der Waals surface area contributed by atoms with Crippen LogP contribution in [0.3, 0.4) is 0 Å². The van der Waals surface area contributed by atoms with Crippen molar-refractivity contribution in [2.45, 2.75) is 89.1 Å². The Morgan fingerprint density at radius 3 is 2.15 bits per heavy atom. The molecule has 2 saturated heterocycles. The maximum absolute atomic E-state index is 13.4. The number of ether oxygens (including phenoxy) is 1. The third-order valence-electron chi connectivity index (χ3n) is 12.3. The van der Waals surface area contributed by atoms with Crippen LogP contribution in [0.15, 0.2) is 12.1 Å². The Balaban J connectivity index is 0.998. The monoisotopic (exact) mass is 768 g/mol. The molecule has 2 aromatic rings. The van der Waals surface area contributed by atoms with Crippen LogP contribution in [-0.2, 0) is 69.7 Å². The largest absolute Gasteiger partial charge is 0.374 e. The second-order valence-corrected chi connectivity index (χ2v) is 19.6. The molecule has 3 unspecified atom stereocenters. The number of carbonyl (C=O) groups is 2. The molecule has 0 bridgehead atoms. The van der Waals surface area contributed by atoms with Crippen molar-refractivity contribution in [2.24, 2.45) is 5.92 Å². The minimum atomic E-state index is -3.94. The lowest BCUT2D eigenvalue weighted by Crippen LogP contribution is -2.46. The number of aryl methyl sites for hydroxylation is 3. The van der Waals surface area contributed by atoms with Gasteiger partial charge in [0.05, 0.1) is 24.2 Å². The van der Waals surface area contributed by atoms with E-state index >= 15 is 0 Å². The van der Waals surface area contributed by atoms with Gasteiger partial charge >= 0.3 is 12.1 Å². The summed E-state index contributed by atoms with van der Waals surface area (Å²) < 4.78 is 62.0. The van der Waals surface area contributed by atoms with Gasteiger partial charge in [0.2, 0.25) is 20.0 Å². The molecular weight excluding hydrogens is 717 g/mol. The van der Waals surface area contributed by atoms with E-state index in [9.17, 15) is 26.4 Å². The summed E-state index contributed by atoms with van der Waals surface area (Å²) >= 11 is 0. The van der Waals surface area contributed by atoms with Gasteiger partial charge in [0.25, 0.3) is 0 Å². The minimum Gasteiger partial charge on any atom is -0.374 e. The lowest BCUT2D eigenvalue weighted by Gasteiger charge is -2.30. The van der Waals surface area contributed by atoms with Gasteiger partial charge in [0, 0.05) is 24.5 Å². The first-order valence-corrected chi connectivity index (χ1v) is 22.7. The summed E-state index contributed by atoms with van der Waals surface area (Å²) in [5, 5.41) is 6.04. The Kier molecular flexibility index (Phi) is 10.2. The third-order valence-corrected chi connectivity index (χ3v) is 14.9. The molecule has 2 heterocycles. The molecule has 0 aromatic heterocycles. The zero-order valence-electron chi connectivity index (χ0n) is 30.6. The maximum Gasteiger partial charge on any atom is 0.332 e. The second kappa shape index (κ2) is 14.8. The second-order valence-electron chi connectivity index (χ2n) is 16.0. The Morgan fingerprint density at radius 2 is 1.45 bits per heavy atom. The van der Waals surface area contributed by atoms with Gasteiger partial charge in [-0.3, -0.25) is 0 Å². The molecule has 4 N–H and O–H groups in total. The average molecular weight is 769 g/mol. The summed E-state index contributed by atoms with van der Waals surface area (Å²) in [6, 6.07) is 3.13. The van der Waals surface area contributed by atoms with Crippen molar-refractivity contribution in [1.29, 1.82) is 0 Å². The van der Waals surface area contributed by atoms with E-state index in [1.165, 1.54) is 22.3 Å². The van der Waals surface area contributed by atoms with Crippen LogP contribution in [0.25, 0.3) is 0 Å². The SMILES string of the molecule is CN1CCOC(CS(=O)(=O)NC(=O)Nc2c3c(cc4c2CC(C2CCc5cc6c(c(NC(=O)NS(=O)(=O)CCCN7CCC7)c52)CCC6)C4)CCC3)C1. The fraction of sp³-hybridized carbons (Fsp3) is 0.632. The van der Waals surface area contributed by atoms with E-state index in [4.69, 9.17) is 4.74 Å². The number of likely N-dealkylation sites (tertiary alicyclic amines) is 1. The number of urea groups is 2. The molecule has 15 heteroatoms. The van der Waals surface area contributed by atoms with Crippen LogP contribution >= 0.6 is 0 Å². The number of morpholine rings is 1. The van der Waals surface area contributed by atoms with E-state index in [-0.39, 0.29) is 23.3 Å². The molecule has 2 aromatic carbocycles. The summed E-state index contributed by atoms with van der Waals surface area (Å²) in [6.07, 6.45) is 9.93. The first-order chi connectivity index (χ1) is 25.4. The molecule has 6 aliphatic rings. The van der Waals surface area contributed by atoms with Gasteiger partial charge in [-0.25, -0.2) is 35.9 Å². The van der Waals surface area contributed by atoms with E-state index in [2.05, 4.69) is 37.1 Å². The van der Waals surface area contributed by atoms with E-state index in [1.807, 2.05) is 11.9 Å². The van der Waals surface area contributed by atoms with E-state index in [0.717, 1.165) is 117 Å². The standard InChI is InChI=1S/C38H52N6O7S2/c1-43-15-16-51-29(22-43)23-53(49,50)42-37(45)39-35-31-8-2-7-25(31)19-27-20-28(21-33(27)35)30-11-10-26-18-24-6-3-9-32(24)36(34(26)30)40-38(46)41-52(47,48)17-5-14-44-12-4-13-44/h18-19,28-30H,2-17,20-23H2,1H3,(H2,39,42,45)(H2,40,41,46).